The number of carbonyl (C=O) groups is 4. The van der Waals surface area contributed by atoms with Gasteiger partial charge < -0.3 is 20.5 Å². The van der Waals surface area contributed by atoms with Gasteiger partial charge in [0.05, 0.1) is 5.69 Å². The van der Waals surface area contributed by atoms with E-state index in [4.69, 9.17) is 21.4 Å². The Hall–Kier alpha value is -3.63. The number of carboxylic acid groups (broad SMARTS) is 1. The maximum atomic E-state index is 13.8. The summed E-state index contributed by atoms with van der Waals surface area (Å²) >= 11 is 6.26. The zero-order valence-corrected chi connectivity index (χ0v) is 20.0. The fourth-order valence-electron chi connectivity index (χ4n) is 4.76. The molecule has 11 heteroatoms. The van der Waals surface area contributed by atoms with Gasteiger partial charge in [0.2, 0.25) is 0 Å². The summed E-state index contributed by atoms with van der Waals surface area (Å²) < 4.78 is 5.83. The highest BCUT2D eigenvalue weighted by atomic mass is 35.5. The molecule has 2 aliphatic heterocycles. The normalized spacial score (nSPS) is 21.5. The van der Waals surface area contributed by atoms with Gasteiger partial charge in [-0.3, -0.25) is 14.9 Å². The van der Waals surface area contributed by atoms with Crippen LogP contribution in [0.5, 0.6) is 0 Å². The minimum Gasteiger partial charge on any atom is -0.465 e. The lowest BCUT2D eigenvalue weighted by Gasteiger charge is -2.40. The van der Waals surface area contributed by atoms with Gasteiger partial charge in [-0.05, 0) is 61.3 Å². The fourth-order valence-corrected chi connectivity index (χ4v) is 4.94. The van der Waals surface area contributed by atoms with E-state index in [9.17, 15) is 19.2 Å². The highest BCUT2D eigenvalue weighted by Gasteiger charge is 2.50. The quantitative estimate of drug-likeness (QED) is 0.463. The molecule has 0 aromatic heterocycles. The Morgan fingerprint density at radius 3 is 2.58 bits per heavy atom. The van der Waals surface area contributed by atoms with E-state index in [1.165, 1.54) is 24.3 Å². The molecule has 4 amide bonds. The summed E-state index contributed by atoms with van der Waals surface area (Å²) in [6.45, 7) is 1.08. The largest absolute Gasteiger partial charge is 0.465 e. The summed E-state index contributed by atoms with van der Waals surface area (Å²) in [5.74, 6) is -0.805. The molecule has 36 heavy (non-hydrogen) atoms. The third kappa shape index (κ3) is 4.74. The van der Waals surface area contributed by atoms with Gasteiger partial charge in [0.25, 0.3) is 11.8 Å². The molecule has 4 N–H and O–H groups in total. The Morgan fingerprint density at radius 2 is 1.94 bits per heavy atom. The van der Waals surface area contributed by atoms with Crippen molar-refractivity contribution >= 4 is 47.0 Å². The standard InChI is InChI=1S/C25H25ClN4O6/c26-16-5-8-20-18(12-16)25(9-10-27-13-25)36-24(35)30(20)22(32)19(11-14-1-2-14)29-21(31)15-3-6-17(7-4-15)28-23(33)34/h3-8,12,14,19,27-28H,1-2,9-11,13H2,(H,29,31)(H,33,34)/t19-,25+/m0/s1. The van der Waals surface area contributed by atoms with Gasteiger partial charge in [-0.25, -0.2) is 14.5 Å². The number of rotatable bonds is 6. The van der Waals surface area contributed by atoms with Crippen molar-refractivity contribution in [2.45, 2.75) is 37.3 Å². The number of nitrogens with one attached hydrogen (secondary N) is 3. The van der Waals surface area contributed by atoms with Gasteiger partial charge in [0, 0.05) is 34.8 Å². The molecule has 1 aliphatic carbocycles. The van der Waals surface area contributed by atoms with Crippen LogP contribution in [0.2, 0.25) is 5.02 Å². The molecule has 0 unspecified atom stereocenters. The maximum absolute atomic E-state index is 13.8. The maximum Gasteiger partial charge on any atom is 0.422 e. The molecule has 1 spiro atoms. The molecular formula is C25H25ClN4O6. The topological polar surface area (TPSA) is 137 Å². The number of carbonyl (C=O) groups excluding carboxylic acids is 3. The van der Waals surface area contributed by atoms with Gasteiger partial charge in [-0.15, -0.1) is 0 Å². The number of hydrogen-bond donors (Lipinski definition) is 4. The monoisotopic (exact) mass is 512 g/mol. The van der Waals surface area contributed by atoms with Crippen LogP contribution in [-0.2, 0) is 15.1 Å². The zero-order chi connectivity index (χ0) is 25.4. The Labute approximate surface area is 211 Å². The summed E-state index contributed by atoms with van der Waals surface area (Å²) in [6, 6.07) is 9.86. The Balaban J connectivity index is 1.41. The average molecular weight is 513 g/mol. The number of imide groups is 1. The minimum atomic E-state index is -1.22. The van der Waals surface area contributed by atoms with E-state index in [0.29, 0.717) is 47.9 Å². The van der Waals surface area contributed by atoms with Crippen LogP contribution < -0.4 is 20.9 Å². The van der Waals surface area contributed by atoms with Crippen LogP contribution in [0.4, 0.5) is 21.0 Å². The molecule has 0 radical (unpaired) electrons. The van der Waals surface area contributed by atoms with Crippen molar-refractivity contribution in [3.63, 3.8) is 0 Å². The average Bonchev–Trinajstić information content (AvgIpc) is 3.54. The number of fused-ring (bicyclic) bond motifs is 2. The molecule has 188 valence electrons. The lowest BCUT2D eigenvalue weighted by Crippen LogP contribution is -2.55. The number of halogens is 1. The zero-order valence-electron chi connectivity index (χ0n) is 19.3. The van der Waals surface area contributed by atoms with E-state index in [2.05, 4.69) is 16.0 Å². The van der Waals surface area contributed by atoms with Crippen LogP contribution in [-0.4, -0.2) is 48.2 Å². The van der Waals surface area contributed by atoms with Crippen LogP contribution in [0.1, 0.15) is 41.6 Å². The molecule has 0 bridgehead atoms. The molecule has 2 atom stereocenters. The van der Waals surface area contributed by atoms with Gasteiger partial charge >= 0.3 is 12.2 Å². The van der Waals surface area contributed by atoms with E-state index in [1.54, 1.807) is 18.2 Å². The van der Waals surface area contributed by atoms with Crippen LogP contribution in [0.15, 0.2) is 42.5 Å². The molecule has 3 aliphatic rings. The number of anilines is 2. The number of amides is 4. The van der Waals surface area contributed by atoms with Crippen LogP contribution in [0.3, 0.4) is 0 Å². The Kier molecular flexibility index (Phi) is 6.31. The van der Waals surface area contributed by atoms with Gasteiger partial charge in [0.1, 0.15) is 6.04 Å². The first-order chi connectivity index (χ1) is 17.3. The second kappa shape index (κ2) is 9.44. The molecule has 2 fully saturated rings. The molecule has 10 nitrogen and oxygen atoms in total. The van der Waals surface area contributed by atoms with Crippen molar-refractivity contribution in [1.29, 1.82) is 0 Å². The third-order valence-electron chi connectivity index (χ3n) is 6.76. The van der Waals surface area contributed by atoms with Gasteiger partial charge in [0.15, 0.2) is 5.60 Å². The van der Waals surface area contributed by atoms with E-state index >= 15 is 0 Å². The number of benzene rings is 2. The molecule has 5 rings (SSSR count). The first-order valence-corrected chi connectivity index (χ1v) is 12.1. The van der Waals surface area contributed by atoms with Crippen LogP contribution in [0.25, 0.3) is 0 Å². The lowest BCUT2D eigenvalue weighted by atomic mass is 9.89. The minimum absolute atomic E-state index is 0.254. The summed E-state index contributed by atoms with van der Waals surface area (Å²) in [6.07, 6.45) is 0.845. The molecule has 2 heterocycles. The summed E-state index contributed by atoms with van der Waals surface area (Å²) in [7, 11) is 0. The first-order valence-electron chi connectivity index (χ1n) is 11.7. The van der Waals surface area contributed by atoms with E-state index in [-0.39, 0.29) is 11.5 Å². The Morgan fingerprint density at radius 1 is 1.19 bits per heavy atom. The number of ether oxygens (including phenoxy) is 1. The highest BCUT2D eigenvalue weighted by molar-refractivity contribution is 6.31. The van der Waals surface area contributed by atoms with Gasteiger partial charge in [-0.2, -0.15) is 0 Å². The Bertz CT molecular complexity index is 1220. The second-order valence-electron chi connectivity index (χ2n) is 9.34. The smallest absolute Gasteiger partial charge is 0.422 e. The SMILES string of the molecule is O=C(O)Nc1ccc(C(=O)N[C@@H](CC2CC2)C(=O)N2C(=O)O[C@@]3(CCNC3)c3cc(Cl)ccc32)cc1. The molecule has 1 saturated carbocycles. The first kappa shape index (κ1) is 24.1. The molecular weight excluding hydrogens is 488 g/mol. The van der Waals surface area contributed by atoms with Crippen molar-refractivity contribution in [2.24, 2.45) is 5.92 Å². The highest BCUT2D eigenvalue weighted by Crippen LogP contribution is 2.44. The predicted octanol–water partition coefficient (Wildman–Crippen LogP) is 3.70. The van der Waals surface area contributed by atoms with Crippen LogP contribution >= 0.6 is 11.6 Å². The fraction of sp³-hybridized carbons (Fsp3) is 0.360. The van der Waals surface area contributed by atoms with E-state index < -0.39 is 35.6 Å². The number of nitrogens with zero attached hydrogens (tertiary/aromatic N) is 1. The van der Waals surface area contributed by atoms with Crippen molar-refractivity contribution in [3.05, 3.63) is 58.6 Å². The molecule has 1 saturated heterocycles. The van der Waals surface area contributed by atoms with Crippen molar-refractivity contribution in [3.8, 4) is 0 Å². The van der Waals surface area contributed by atoms with Crippen molar-refractivity contribution in [1.82, 2.24) is 10.6 Å². The van der Waals surface area contributed by atoms with E-state index in [1.807, 2.05) is 0 Å². The predicted molar refractivity (Wildman–Crippen MR) is 131 cm³/mol. The van der Waals surface area contributed by atoms with E-state index in [0.717, 1.165) is 17.7 Å². The molecule has 2 aromatic rings. The van der Waals surface area contributed by atoms with Crippen LogP contribution in [0, 0.1) is 5.92 Å². The summed E-state index contributed by atoms with van der Waals surface area (Å²) in [4.78, 5) is 51.7. The second-order valence-corrected chi connectivity index (χ2v) is 9.77. The lowest BCUT2D eigenvalue weighted by molar-refractivity contribution is -0.121. The number of hydrogen-bond acceptors (Lipinski definition) is 6. The third-order valence-corrected chi connectivity index (χ3v) is 7.00. The van der Waals surface area contributed by atoms with Crippen molar-refractivity contribution in [2.75, 3.05) is 23.3 Å². The molecule has 2 aromatic carbocycles. The summed E-state index contributed by atoms with van der Waals surface area (Å²) in [5, 5.41) is 17.5. The van der Waals surface area contributed by atoms with Gasteiger partial charge in [-0.1, -0.05) is 24.4 Å². The summed E-state index contributed by atoms with van der Waals surface area (Å²) in [5.41, 5.74) is 0.736. The van der Waals surface area contributed by atoms with Crippen molar-refractivity contribution < 1.29 is 29.0 Å².